The topological polar surface area (TPSA) is 80.9 Å². The van der Waals surface area contributed by atoms with E-state index in [1.54, 1.807) is 12.1 Å². The van der Waals surface area contributed by atoms with Gasteiger partial charge in [-0.25, -0.2) is 0 Å². The summed E-state index contributed by atoms with van der Waals surface area (Å²) in [6.45, 7) is 0.897. The maximum Gasteiger partial charge on any atom is 0.269 e. The number of primary amides is 1. The molecule has 2 aliphatic rings. The van der Waals surface area contributed by atoms with Gasteiger partial charge in [0.05, 0.1) is 0 Å². The molecular weight excluding hydrogens is 264 g/mol. The van der Waals surface area contributed by atoms with Crippen LogP contribution in [-0.4, -0.2) is 22.6 Å². The van der Waals surface area contributed by atoms with Gasteiger partial charge in [-0.05, 0) is 47.4 Å². The number of nitrogens with zero attached hydrogens (tertiary/aromatic N) is 2. The van der Waals surface area contributed by atoms with E-state index in [-0.39, 0.29) is 5.69 Å². The first-order valence-corrected chi connectivity index (χ1v) is 7.19. The van der Waals surface area contributed by atoms with E-state index in [4.69, 9.17) is 5.73 Å². The smallest absolute Gasteiger partial charge is 0.269 e. The van der Waals surface area contributed by atoms with Crippen molar-refractivity contribution in [2.24, 2.45) is 17.6 Å². The first-order valence-electron chi connectivity index (χ1n) is 7.19. The SMILES string of the molecule is NC(=O)c1ccc(NCC2C3Cc4ccccc4C23)nn1. The Kier molecular flexibility index (Phi) is 2.67. The van der Waals surface area contributed by atoms with Crippen LogP contribution < -0.4 is 11.1 Å². The van der Waals surface area contributed by atoms with Gasteiger partial charge >= 0.3 is 0 Å². The molecule has 1 heterocycles. The molecule has 106 valence electrons. The van der Waals surface area contributed by atoms with Gasteiger partial charge in [0.1, 0.15) is 5.82 Å². The molecule has 1 aromatic carbocycles. The van der Waals surface area contributed by atoms with Gasteiger partial charge < -0.3 is 11.1 Å². The zero-order valence-corrected chi connectivity index (χ0v) is 11.5. The summed E-state index contributed by atoms with van der Waals surface area (Å²) in [5, 5.41) is 11.1. The highest BCUT2D eigenvalue weighted by Gasteiger charge is 2.54. The number of nitrogens with one attached hydrogen (secondary N) is 1. The van der Waals surface area contributed by atoms with E-state index in [2.05, 4.69) is 39.8 Å². The summed E-state index contributed by atoms with van der Waals surface area (Å²) in [4.78, 5) is 10.9. The number of rotatable bonds is 4. The van der Waals surface area contributed by atoms with Gasteiger partial charge in [0, 0.05) is 6.54 Å². The number of hydrogen-bond donors (Lipinski definition) is 2. The van der Waals surface area contributed by atoms with Crippen molar-refractivity contribution in [3.63, 3.8) is 0 Å². The van der Waals surface area contributed by atoms with Crippen LogP contribution in [-0.2, 0) is 6.42 Å². The predicted octanol–water partition coefficient (Wildman–Crippen LogP) is 1.57. The lowest BCUT2D eigenvalue weighted by Crippen LogP contribution is -2.15. The van der Waals surface area contributed by atoms with E-state index < -0.39 is 5.91 Å². The molecule has 2 aliphatic carbocycles. The van der Waals surface area contributed by atoms with Crippen molar-refractivity contribution in [3.05, 3.63) is 53.2 Å². The van der Waals surface area contributed by atoms with Crippen LogP contribution in [0.25, 0.3) is 0 Å². The van der Waals surface area contributed by atoms with Crippen LogP contribution in [0.3, 0.4) is 0 Å². The van der Waals surface area contributed by atoms with Crippen LogP contribution in [0.2, 0.25) is 0 Å². The average molecular weight is 280 g/mol. The van der Waals surface area contributed by atoms with Gasteiger partial charge in [0.15, 0.2) is 5.69 Å². The Hall–Kier alpha value is -2.43. The highest BCUT2D eigenvalue weighted by atomic mass is 16.1. The summed E-state index contributed by atoms with van der Waals surface area (Å²) < 4.78 is 0. The molecule has 0 saturated heterocycles. The first kappa shape index (κ1) is 12.3. The van der Waals surface area contributed by atoms with Crippen LogP contribution in [0.5, 0.6) is 0 Å². The molecule has 3 unspecified atom stereocenters. The van der Waals surface area contributed by atoms with Crippen molar-refractivity contribution in [1.82, 2.24) is 10.2 Å². The van der Waals surface area contributed by atoms with Gasteiger partial charge in [0.25, 0.3) is 5.91 Å². The largest absolute Gasteiger partial charge is 0.368 e. The average Bonchev–Trinajstić information content (AvgIpc) is 3.04. The quantitative estimate of drug-likeness (QED) is 0.891. The summed E-state index contributed by atoms with van der Waals surface area (Å²) >= 11 is 0. The van der Waals surface area contributed by atoms with Crippen LogP contribution >= 0.6 is 0 Å². The van der Waals surface area contributed by atoms with E-state index in [9.17, 15) is 4.79 Å². The number of carbonyl (C=O) groups is 1. The molecule has 1 saturated carbocycles. The van der Waals surface area contributed by atoms with Gasteiger partial charge in [-0.15, -0.1) is 10.2 Å². The number of anilines is 1. The van der Waals surface area contributed by atoms with Gasteiger partial charge in [0.2, 0.25) is 0 Å². The highest BCUT2D eigenvalue weighted by Crippen LogP contribution is 2.61. The minimum atomic E-state index is -0.553. The van der Waals surface area contributed by atoms with Crippen molar-refractivity contribution in [1.29, 1.82) is 0 Å². The van der Waals surface area contributed by atoms with Crippen LogP contribution in [0, 0.1) is 11.8 Å². The number of amides is 1. The maximum atomic E-state index is 10.9. The standard InChI is InChI=1S/C16H16N4O/c17-16(21)13-5-6-14(20-19-13)18-8-12-11-7-9-3-1-2-4-10(9)15(11)12/h1-6,11-12,15H,7-8H2,(H2,17,21)(H,18,20). The Bertz CT molecular complexity index is 698. The third-order valence-electron chi connectivity index (χ3n) is 4.64. The van der Waals surface area contributed by atoms with Gasteiger partial charge in [-0.2, -0.15) is 0 Å². The summed E-state index contributed by atoms with van der Waals surface area (Å²) in [5.41, 5.74) is 8.36. The summed E-state index contributed by atoms with van der Waals surface area (Å²) in [6, 6.07) is 12.1. The van der Waals surface area contributed by atoms with Crippen LogP contribution in [0.4, 0.5) is 5.82 Å². The van der Waals surface area contributed by atoms with E-state index >= 15 is 0 Å². The van der Waals surface area contributed by atoms with Crippen molar-refractivity contribution in [2.75, 3.05) is 11.9 Å². The third kappa shape index (κ3) is 2.05. The second-order valence-electron chi connectivity index (χ2n) is 5.81. The second kappa shape index (κ2) is 4.55. The third-order valence-corrected chi connectivity index (χ3v) is 4.64. The lowest BCUT2D eigenvalue weighted by molar-refractivity contribution is 0.0994. The Labute approximate surface area is 122 Å². The number of nitrogens with two attached hydrogens (primary N) is 1. The normalized spacial score (nSPS) is 25.0. The fourth-order valence-corrected chi connectivity index (χ4v) is 3.54. The zero-order valence-electron chi connectivity index (χ0n) is 11.5. The number of aromatic nitrogens is 2. The Morgan fingerprint density at radius 3 is 2.86 bits per heavy atom. The lowest BCUT2D eigenvalue weighted by atomic mass is 10.0. The van der Waals surface area contributed by atoms with Gasteiger partial charge in [-0.1, -0.05) is 24.3 Å². The summed E-state index contributed by atoms with van der Waals surface area (Å²) in [7, 11) is 0. The molecule has 0 bridgehead atoms. The number of fused-ring (bicyclic) bond motifs is 3. The Balaban J connectivity index is 1.38. The molecule has 0 radical (unpaired) electrons. The minimum absolute atomic E-state index is 0.192. The zero-order chi connectivity index (χ0) is 14.4. The molecular formula is C16H16N4O. The lowest BCUT2D eigenvalue weighted by Gasteiger charge is -2.09. The van der Waals surface area contributed by atoms with Crippen LogP contribution in [0.15, 0.2) is 36.4 Å². The molecule has 3 atom stereocenters. The van der Waals surface area contributed by atoms with Gasteiger partial charge in [-0.3, -0.25) is 4.79 Å². The molecule has 1 fully saturated rings. The summed E-state index contributed by atoms with van der Waals surface area (Å²) in [5.74, 6) is 2.29. The highest BCUT2D eigenvalue weighted by molar-refractivity contribution is 5.90. The molecule has 0 aliphatic heterocycles. The Morgan fingerprint density at radius 1 is 1.24 bits per heavy atom. The molecule has 5 nitrogen and oxygen atoms in total. The molecule has 21 heavy (non-hydrogen) atoms. The summed E-state index contributed by atoms with van der Waals surface area (Å²) in [6.07, 6.45) is 1.19. The molecule has 3 N–H and O–H groups in total. The van der Waals surface area contributed by atoms with E-state index in [1.807, 2.05) is 0 Å². The molecule has 1 amide bonds. The van der Waals surface area contributed by atoms with E-state index in [0.29, 0.717) is 17.7 Å². The van der Waals surface area contributed by atoms with E-state index in [0.717, 1.165) is 12.5 Å². The number of carbonyl (C=O) groups excluding carboxylic acids is 1. The first-order chi connectivity index (χ1) is 10.2. The molecule has 0 spiro atoms. The van der Waals surface area contributed by atoms with Crippen molar-refractivity contribution in [2.45, 2.75) is 12.3 Å². The van der Waals surface area contributed by atoms with Crippen molar-refractivity contribution < 1.29 is 4.79 Å². The molecule has 1 aromatic heterocycles. The second-order valence-corrected chi connectivity index (χ2v) is 5.81. The van der Waals surface area contributed by atoms with Crippen LogP contribution in [0.1, 0.15) is 27.5 Å². The molecule has 2 aromatic rings. The number of hydrogen-bond acceptors (Lipinski definition) is 4. The predicted molar refractivity (Wildman–Crippen MR) is 78.9 cm³/mol. The fourth-order valence-electron chi connectivity index (χ4n) is 3.54. The monoisotopic (exact) mass is 280 g/mol. The maximum absolute atomic E-state index is 10.9. The minimum Gasteiger partial charge on any atom is -0.368 e. The molecule has 4 rings (SSSR count). The molecule has 5 heteroatoms. The number of benzene rings is 1. The van der Waals surface area contributed by atoms with Crippen molar-refractivity contribution >= 4 is 11.7 Å². The van der Waals surface area contributed by atoms with E-state index in [1.165, 1.54) is 17.5 Å². The Morgan fingerprint density at radius 2 is 2.10 bits per heavy atom. The van der Waals surface area contributed by atoms with Crippen molar-refractivity contribution in [3.8, 4) is 0 Å². The fraction of sp³-hybridized carbons (Fsp3) is 0.312.